The van der Waals surface area contributed by atoms with Crippen LogP contribution in [0.15, 0.2) is 59.7 Å². The first-order valence-electron chi connectivity index (χ1n) is 8.27. The van der Waals surface area contributed by atoms with Crippen molar-refractivity contribution in [1.82, 2.24) is 5.43 Å². The maximum atomic E-state index is 12.2. The van der Waals surface area contributed by atoms with Gasteiger partial charge in [0.2, 0.25) is 0 Å². The fourth-order valence-electron chi connectivity index (χ4n) is 2.43. The van der Waals surface area contributed by atoms with Crippen LogP contribution in [0.25, 0.3) is 10.8 Å². The van der Waals surface area contributed by atoms with Gasteiger partial charge in [0.1, 0.15) is 10.6 Å². The van der Waals surface area contributed by atoms with Gasteiger partial charge in [0.15, 0.2) is 6.10 Å². The summed E-state index contributed by atoms with van der Waals surface area (Å²) in [7, 11) is 0. The lowest BCUT2D eigenvalue weighted by Gasteiger charge is -2.13. The average molecular weight is 382 g/mol. The largest absolute Gasteiger partial charge is 0.481 e. The van der Waals surface area contributed by atoms with E-state index in [2.05, 4.69) is 10.5 Å². The zero-order chi connectivity index (χ0) is 19.4. The van der Waals surface area contributed by atoms with Crippen LogP contribution in [0.2, 0.25) is 0 Å². The number of aromatic carboxylic acids is 1. The predicted molar refractivity (Wildman–Crippen MR) is 106 cm³/mol. The third kappa shape index (κ3) is 4.51. The maximum Gasteiger partial charge on any atom is 0.345 e. The lowest BCUT2D eigenvalue weighted by molar-refractivity contribution is -0.127. The van der Waals surface area contributed by atoms with E-state index in [0.717, 1.165) is 22.1 Å². The summed E-state index contributed by atoms with van der Waals surface area (Å²) in [6.45, 7) is 3.34. The van der Waals surface area contributed by atoms with Crippen molar-refractivity contribution in [2.75, 3.05) is 0 Å². The molecule has 0 aliphatic rings. The van der Waals surface area contributed by atoms with Gasteiger partial charge in [-0.15, -0.1) is 11.3 Å². The van der Waals surface area contributed by atoms with Gasteiger partial charge in [-0.05, 0) is 48.9 Å². The molecule has 1 heterocycles. The Kier molecular flexibility index (Phi) is 5.52. The number of hydrazone groups is 1. The van der Waals surface area contributed by atoms with Crippen LogP contribution in [0.1, 0.15) is 28.4 Å². The number of carboxylic acids is 1. The number of thiophene rings is 1. The molecule has 7 heteroatoms. The molecule has 1 atom stereocenters. The summed E-state index contributed by atoms with van der Waals surface area (Å²) in [6.07, 6.45) is -0.736. The van der Waals surface area contributed by atoms with Gasteiger partial charge in [0.05, 0.1) is 10.6 Å². The predicted octanol–water partition coefficient (Wildman–Crippen LogP) is 3.91. The fourth-order valence-corrected chi connectivity index (χ4v) is 3.22. The van der Waals surface area contributed by atoms with Gasteiger partial charge >= 0.3 is 5.97 Å². The normalized spacial score (nSPS) is 12.6. The van der Waals surface area contributed by atoms with Crippen molar-refractivity contribution < 1.29 is 19.4 Å². The highest BCUT2D eigenvalue weighted by molar-refractivity contribution is 7.15. The van der Waals surface area contributed by atoms with Crippen LogP contribution in [-0.2, 0) is 4.79 Å². The number of hydrogen-bond acceptors (Lipinski definition) is 5. The van der Waals surface area contributed by atoms with Crippen LogP contribution < -0.4 is 10.2 Å². The summed E-state index contributed by atoms with van der Waals surface area (Å²) in [4.78, 5) is 24.1. The highest BCUT2D eigenvalue weighted by atomic mass is 32.1. The summed E-state index contributed by atoms with van der Waals surface area (Å²) in [5, 5.41) is 15.1. The van der Waals surface area contributed by atoms with Crippen molar-refractivity contribution >= 4 is 39.7 Å². The number of fused-ring (bicyclic) bond motifs is 1. The topological polar surface area (TPSA) is 88.0 Å². The Hall–Kier alpha value is -3.19. The lowest BCUT2D eigenvalue weighted by atomic mass is 10.1. The van der Waals surface area contributed by atoms with E-state index in [4.69, 9.17) is 9.84 Å². The summed E-state index contributed by atoms with van der Waals surface area (Å²) in [5.41, 5.74) is 2.99. The Balaban J connectivity index is 1.63. The molecule has 2 aromatic carbocycles. The number of hydrogen-bond donors (Lipinski definition) is 2. The van der Waals surface area contributed by atoms with Gasteiger partial charge in [-0.3, -0.25) is 4.79 Å². The van der Waals surface area contributed by atoms with E-state index in [1.165, 1.54) is 6.07 Å². The third-order valence-electron chi connectivity index (χ3n) is 3.91. The van der Waals surface area contributed by atoms with Crippen molar-refractivity contribution in [2.24, 2.45) is 5.10 Å². The SMILES string of the molecule is C/C(=N/NC(=O)[C@H](C)Oc1ccc2ccccc2c1)c1ccc(C(=O)O)s1. The van der Waals surface area contributed by atoms with Crippen LogP contribution in [0.5, 0.6) is 5.75 Å². The molecule has 0 saturated heterocycles. The van der Waals surface area contributed by atoms with E-state index >= 15 is 0 Å². The van der Waals surface area contributed by atoms with Crippen LogP contribution in [0.4, 0.5) is 0 Å². The number of rotatable bonds is 6. The number of benzene rings is 2. The second-order valence-electron chi connectivity index (χ2n) is 5.91. The van der Waals surface area contributed by atoms with Gasteiger partial charge in [-0.25, -0.2) is 10.2 Å². The molecule has 0 unspecified atom stereocenters. The van der Waals surface area contributed by atoms with Gasteiger partial charge in [0, 0.05) is 0 Å². The van der Waals surface area contributed by atoms with E-state index in [1.807, 2.05) is 42.5 Å². The first-order valence-corrected chi connectivity index (χ1v) is 9.09. The molecule has 0 bridgehead atoms. The highest BCUT2D eigenvalue weighted by Gasteiger charge is 2.15. The molecule has 1 aromatic heterocycles. The Morgan fingerprint density at radius 1 is 1.07 bits per heavy atom. The van der Waals surface area contributed by atoms with E-state index in [-0.39, 0.29) is 4.88 Å². The summed E-state index contributed by atoms with van der Waals surface area (Å²) in [5.74, 6) is -0.778. The van der Waals surface area contributed by atoms with E-state index in [9.17, 15) is 9.59 Å². The maximum absolute atomic E-state index is 12.2. The van der Waals surface area contributed by atoms with Crippen LogP contribution in [-0.4, -0.2) is 28.8 Å². The van der Waals surface area contributed by atoms with Crippen molar-refractivity contribution in [2.45, 2.75) is 20.0 Å². The van der Waals surface area contributed by atoms with Gasteiger partial charge in [0.25, 0.3) is 5.91 Å². The number of nitrogens with zero attached hydrogens (tertiary/aromatic N) is 1. The van der Waals surface area contributed by atoms with E-state index in [0.29, 0.717) is 16.3 Å². The number of amides is 1. The summed E-state index contributed by atoms with van der Waals surface area (Å²) in [6, 6.07) is 16.7. The number of carboxylic acid groups (broad SMARTS) is 1. The third-order valence-corrected chi connectivity index (χ3v) is 5.09. The quantitative estimate of drug-likeness (QED) is 0.500. The van der Waals surface area contributed by atoms with Gasteiger partial charge in [-0.1, -0.05) is 30.3 Å². The molecule has 0 aliphatic heterocycles. The van der Waals surface area contributed by atoms with Crippen LogP contribution in [0, 0.1) is 0 Å². The Bertz CT molecular complexity index is 1030. The second kappa shape index (κ2) is 8.01. The number of nitrogens with one attached hydrogen (secondary N) is 1. The van der Waals surface area contributed by atoms with Crippen molar-refractivity contribution in [1.29, 1.82) is 0 Å². The minimum Gasteiger partial charge on any atom is -0.481 e. The van der Waals surface area contributed by atoms with Crippen molar-refractivity contribution in [3.63, 3.8) is 0 Å². The molecule has 0 spiro atoms. The molecule has 6 nitrogen and oxygen atoms in total. The zero-order valence-corrected chi connectivity index (χ0v) is 15.6. The minimum atomic E-state index is -0.986. The molecule has 0 radical (unpaired) electrons. The molecule has 0 aliphatic carbocycles. The molecule has 3 aromatic rings. The molecule has 2 N–H and O–H groups in total. The molecular formula is C20H18N2O4S. The average Bonchev–Trinajstić information content (AvgIpc) is 3.16. The Morgan fingerprint density at radius 2 is 1.78 bits per heavy atom. The van der Waals surface area contributed by atoms with Crippen molar-refractivity contribution in [3.05, 3.63) is 64.4 Å². The van der Waals surface area contributed by atoms with Crippen LogP contribution in [0.3, 0.4) is 0 Å². The molecule has 27 heavy (non-hydrogen) atoms. The van der Waals surface area contributed by atoms with Crippen LogP contribution >= 0.6 is 11.3 Å². The monoisotopic (exact) mass is 382 g/mol. The van der Waals surface area contributed by atoms with E-state index in [1.54, 1.807) is 19.9 Å². The first kappa shape index (κ1) is 18.6. The fraction of sp³-hybridized carbons (Fsp3) is 0.150. The second-order valence-corrected chi connectivity index (χ2v) is 7.00. The molecule has 0 saturated carbocycles. The lowest BCUT2D eigenvalue weighted by Crippen LogP contribution is -2.33. The zero-order valence-electron chi connectivity index (χ0n) is 14.8. The molecule has 138 valence electrons. The number of ether oxygens (including phenoxy) is 1. The number of carbonyl (C=O) groups is 2. The minimum absolute atomic E-state index is 0.221. The highest BCUT2D eigenvalue weighted by Crippen LogP contribution is 2.21. The number of carbonyl (C=O) groups excluding carboxylic acids is 1. The standard InChI is InChI=1S/C20H18N2O4S/c1-12(17-9-10-18(27-17)20(24)25)21-22-19(23)13(2)26-16-8-7-14-5-3-4-6-15(14)11-16/h3-11,13H,1-2H3,(H,22,23)(H,24,25)/b21-12-/t13-/m0/s1. The summed E-state index contributed by atoms with van der Waals surface area (Å²) < 4.78 is 5.70. The summed E-state index contributed by atoms with van der Waals surface area (Å²) >= 11 is 1.10. The molecule has 1 amide bonds. The van der Waals surface area contributed by atoms with Gasteiger partial charge in [-0.2, -0.15) is 5.10 Å². The first-order chi connectivity index (χ1) is 12.9. The van der Waals surface area contributed by atoms with Crippen molar-refractivity contribution in [3.8, 4) is 5.75 Å². The van der Waals surface area contributed by atoms with E-state index < -0.39 is 18.0 Å². The molecule has 0 fully saturated rings. The molecular weight excluding hydrogens is 364 g/mol. The van der Waals surface area contributed by atoms with Gasteiger partial charge < -0.3 is 9.84 Å². The Morgan fingerprint density at radius 3 is 2.48 bits per heavy atom. The Labute approximate surface area is 160 Å². The smallest absolute Gasteiger partial charge is 0.345 e. The molecule has 3 rings (SSSR count).